The third-order valence-electron chi connectivity index (χ3n) is 5.19. The van der Waals surface area contributed by atoms with Crippen LogP contribution in [0.25, 0.3) is 10.1 Å². The summed E-state index contributed by atoms with van der Waals surface area (Å²) >= 11 is 4.95. The molecule has 1 aromatic carbocycles. The number of hydrogen-bond donors (Lipinski definition) is 1. The molecule has 3 aromatic rings. The van der Waals surface area contributed by atoms with Gasteiger partial charge in [-0.15, -0.1) is 11.3 Å². The minimum absolute atomic E-state index is 0.114. The molecule has 0 aliphatic carbocycles. The zero-order valence-corrected chi connectivity index (χ0v) is 19.0. The summed E-state index contributed by atoms with van der Waals surface area (Å²) in [7, 11) is 0. The Morgan fingerprint density at radius 2 is 2.03 bits per heavy atom. The summed E-state index contributed by atoms with van der Waals surface area (Å²) in [5.41, 5.74) is 7.76. The Hall–Kier alpha value is -2.00. The van der Waals surface area contributed by atoms with Crippen LogP contribution in [0.15, 0.2) is 40.3 Å². The number of nitrogens with zero attached hydrogens (tertiary/aromatic N) is 2. The predicted octanol–water partition coefficient (Wildman–Crippen LogP) is 4.52. The highest BCUT2D eigenvalue weighted by Gasteiger charge is 2.18. The number of fused-ring (bicyclic) bond motifs is 1. The van der Waals surface area contributed by atoms with Gasteiger partial charge in [-0.1, -0.05) is 15.9 Å². The number of thiophene rings is 1. The standard InChI is InChI=1S/C22H24BrN3O3S/c23-16-3-5-17(6-4-16)29-13-15-14-30-21-18(12-25-22(24)20(15)21)19(27)2-1-7-26-8-10-28-11-9-26/h3-6,12,14H,1-2,7-11,13H2,(H2,24,25). The van der Waals surface area contributed by atoms with Gasteiger partial charge in [-0.05, 0) is 42.6 Å². The van der Waals surface area contributed by atoms with Gasteiger partial charge in [-0.2, -0.15) is 0 Å². The number of ketones is 1. The average molecular weight is 490 g/mol. The van der Waals surface area contributed by atoms with E-state index in [-0.39, 0.29) is 5.78 Å². The molecule has 2 aromatic heterocycles. The molecule has 0 bridgehead atoms. The number of nitrogen functional groups attached to an aromatic ring is 1. The van der Waals surface area contributed by atoms with Crippen LogP contribution in [0, 0.1) is 0 Å². The predicted molar refractivity (Wildman–Crippen MR) is 123 cm³/mol. The van der Waals surface area contributed by atoms with Gasteiger partial charge in [0.25, 0.3) is 0 Å². The molecule has 1 aliphatic rings. The van der Waals surface area contributed by atoms with Crippen LogP contribution in [-0.2, 0) is 11.3 Å². The first-order chi connectivity index (χ1) is 14.6. The van der Waals surface area contributed by atoms with E-state index in [2.05, 4.69) is 25.8 Å². The van der Waals surface area contributed by atoms with Crippen molar-refractivity contribution >= 4 is 49.0 Å². The first-order valence-electron chi connectivity index (χ1n) is 9.98. The van der Waals surface area contributed by atoms with Gasteiger partial charge >= 0.3 is 0 Å². The first kappa shape index (κ1) is 21.2. The second-order valence-electron chi connectivity index (χ2n) is 7.25. The fourth-order valence-corrected chi connectivity index (χ4v) is 4.91. The summed E-state index contributed by atoms with van der Waals surface area (Å²) in [5.74, 6) is 1.33. The lowest BCUT2D eigenvalue weighted by Gasteiger charge is -2.26. The fraction of sp³-hybridized carbons (Fsp3) is 0.364. The molecule has 0 atom stereocenters. The number of carbonyl (C=O) groups excluding carboxylic acids is 1. The van der Waals surface area contributed by atoms with Crippen LogP contribution < -0.4 is 10.5 Å². The molecule has 1 aliphatic heterocycles. The second-order valence-corrected chi connectivity index (χ2v) is 9.04. The number of carbonyl (C=O) groups is 1. The zero-order valence-electron chi connectivity index (χ0n) is 16.6. The highest BCUT2D eigenvalue weighted by molar-refractivity contribution is 9.10. The second kappa shape index (κ2) is 9.87. The van der Waals surface area contributed by atoms with Crippen molar-refractivity contribution < 1.29 is 14.3 Å². The number of morpholine rings is 1. The van der Waals surface area contributed by atoms with Crippen molar-refractivity contribution in [2.24, 2.45) is 0 Å². The largest absolute Gasteiger partial charge is 0.489 e. The summed E-state index contributed by atoms with van der Waals surface area (Å²) in [4.78, 5) is 19.5. The number of pyridine rings is 1. The van der Waals surface area contributed by atoms with Gasteiger partial charge < -0.3 is 15.2 Å². The van der Waals surface area contributed by atoms with Crippen molar-refractivity contribution in [1.29, 1.82) is 0 Å². The lowest BCUT2D eigenvalue weighted by molar-refractivity contribution is 0.0371. The number of hydrogen-bond acceptors (Lipinski definition) is 7. The monoisotopic (exact) mass is 489 g/mol. The van der Waals surface area contributed by atoms with E-state index in [1.165, 1.54) is 11.3 Å². The molecule has 0 unspecified atom stereocenters. The van der Waals surface area contributed by atoms with Gasteiger partial charge in [0.2, 0.25) is 0 Å². The summed E-state index contributed by atoms with van der Waals surface area (Å²) in [6.07, 6.45) is 2.95. The van der Waals surface area contributed by atoms with Gasteiger partial charge in [-0.25, -0.2) is 4.98 Å². The molecule has 4 rings (SSSR count). The summed E-state index contributed by atoms with van der Waals surface area (Å²) in [6, 6.07) is 7.68. The fourth-order valence-electron chi connectivity index (χ4n) is 3.55. The van der Waals surface area contributed by atoms with E-state index in [0.717, 1.165) is 65.1 Å². The summed E-state index contributed by atoms with van der Waals surface area (Å²) in [5, 5.41) is 2.84. The third kappa shape index (κ3) is 5.00. The number of Topliss-reactive ketones (excluding diaryl/α,β-unsaturated/α-hetero) is 1. The molecule has 6 nitrogen and oxygen atoms in total. The molecular weight excluding hydrogens is 466 g/mol. The van der Waals surface area contributed by atoms with E-state index in [1.54, 1.807) is 6.20 Å². The van der Waals surface area contributed by atoms with Gasteiger partial charge in [0.05, 0.1) is 23.5 Å². The molecule has 3 heterocycles. The number of benzene rings is 1. The van der Waals surface area contributed by atoms with Crippen LogP contribution >= 0.6 is 27.3 Å². The third-order valence-corrected chi connectivity index (χ3v) is 6.78. The molecular formula is C22H24BrN3O3S. The van der Waals surface area contributed by atoms with Crippen molar-refractivity contribution in [2.75, 3.05) is 38.6 Å². The quantitative estimate of drug-likeness (QED) is 0.468. The van der Waals surface area contributed by atoms with Crippen LogP contribution in [0.4, 0.5) is 5.82 Å². The Balaban J connectivity index is 1.44. The number of nitrogens with two attached hydrogens (primary N) is 1. The Labute approximate surface area is 188 Å². The zero-order chi connectivity index (χ0) is 20.9. The maximum absolute atomic E-state index is 12.9. The minimum atomic E-state index is 0.114. The highest BCUT2D eigenvalue weighted by atomic mass is 79.9. The van der Waals surface area contributed by atoms with E-state index in [1.807, 2.05) is 29.6 Å². The SMILES string of the molecule is Nc1ncc(C(=O)CCCN2CCOCC2)c2scc(COc3ccc(Br)cc3)c12. The van der Waals surface area contributed by atoms with Gasteiger partial charge in [0, 0.05) is 41.1 Å². The smallest absolute Gasteiger partial charge is 0.165 e. The molecule has 158 valence electrons. The number of halogens is 1. The molecule has 0 radical (unpaired) electrons. The lowest BCUT2D eigenvalue weighted by atomic mass is 10.1. The molecule has 1 saturated heterocycles. The maximum atomic E-state index is 12.9. The van der Waals surface area contributed by atoms with Crippen LogP contribution in [0.5, 0.6) is 5.75 Å². The Morgan fingerprint density at radius 3 is 2.80 bits per heavy atom. The first-order valence-corrected chi connectivity index (χ1v) is 11.7. The molecule has 0 spiro atoms. The molecule has 8 heteroatoms. The molecule has 1 fully saturated rings. The lowest BCUT2D eigenvalue weighted by Crippen LogP contribution is -2.36. The summed E-state index contributed by atoms with van der Waals surface area (Å²) < 4.78 is 13.2. The Kier molecular flexibility index (Phi) is 6.99. The topological polar surface area (TPSA) is 77.7 Å². The number of anilines is 1. The van der Waals surface area contributed by atoms with Crippen molar-refractivity contribution in [3.8, 4) is 5.75 Å². The van der Waals surface area contributed by atoms with Gasteiger partial charge in [-0.3, -0.25) is 9.69 Å². The van der Waals surface area contributed by atoms with Crippen molar-refractivity contribution in [2.45, 2.75) is 19.4 Å². The van der Waals surface area contributed by atoms with E-state index in [0.29, 0.717) is 24.4 Å². The van der Waals surface area contributed by atoms with Gasteiger partial charge in [0.15, 0.2) is 5.78 Å². The number of ether oxygens (including phenoxy) is 2. The molecule has 0 saturated carbocycles. The Morgan fingerprint density at radius 1 is 1.27 bits per heavy atom. The average Bonchev–Trinajstić information content (AvgIpc) is 3.19. The molecule has 2 N–H and O–H groups in total. The van der Waals surface area contributed by atoms with Crippen LogP contribution in [0.1, 0.15) is 28.8 Å². The van der Waals surface area contributed by atoms with Crippen molar-refractivity contribution in [3.63, 3.8) is 0 Å². The van der Waals surface area contributed by atoms with Gasteiger partial charge in [0.1, 0.15) is 18.2 Å². The number of rotatable bonds is 8. The minimum Gasteiger partial charge on any atom is -0.489 e. The summed E-state index contributed by atoms with van der Waals surface area (Å²) in [6.45, 7) is 4.72. The number of aromatic nitrogens is 1. The van der Waals surface area contributed by atoms with Crippen molar-refractivity contribution in [3.05, 3.63) is 51.4 Å². The van der Waals surface area contributed by atoms with E-state index in [9.17, 15) is 4.79 Å². The van der Waals surface area contributed by atoms with E-state index >= 15 is 0 Å². The van der Waals surface area contributed by atoms with E-state index in [4.69, 9.17) is 15.2 Å². The Bertz CT molecular complexity index is 1020. The normalized spacial score (nSPS) is 14.8. The van der Waals surface area contributed by atoms with Crippen molar-refractivity contribution in [1.82, 2.24) is 9.88 Å². The molecule has 30 heavy (non-hydrogen) atoms. The highest BCUT2D eigenvalue weighted by Crippen LogP contribution is 2.34. The maximum Gasteiger partial charge on any atom is 0.165 e. The van der Waals surface area contributed by atoms with Crippen LogP contribution in [0.2, 0.25) is 0 Å². The van der Waals surface area contributed by atoms with Crippen LogP contribution in [-0.4, -0.2) is 48.5 Å². The van der Waals surface area contributed by atoms with E-state index < -0.39 is 0 Å². The van der Waals surface area contributed by atoms with Crippen LogP contribution in [0.3, 0.4) is 0 Å². The molecule has 0 amide bonds.